The van der Waals surface area contributed by atoms with Gasteiger partial charge in [0.1, 0.15) is 21.9 Å². The normalized spacial score (nSPS) is 15.8. The molecule has 0 saturated carbocycles. The van der Waals surface area contributed by atoms with Crippen LogP contribution in [0, 0.1) is 11.3 Å². The predicted octanol–water partition coefficient (Wildman–Crippen LogP) is 4.66. The van der Waals surface area contributed by atoms with E-state index in [1.807, 2.05) is 31.2 Å². The Morgan fingerprint density at radius 1 is 1.33 bits per heavy atom. The van der Waals surface area contributed by atoms with E-state index >= 15 is 0 Å². The van der Waals surface area contributed by atoms with E-state index < -0.39 is 0 Å². The minimum atomic E-state index is -0.0540. The van der Waals surface area contributed by atoms with Crippen molar-refractivity contribution in [2.45, 2.75) is 13.0 Å². The molecular formula is C21H15ClN6OS. The van der Waals surface area contributed by atoms with Crippen molar-refractivity contribution in [3.63, 3.8) is 0 Å². The molecular weight excluding hydrogens is 420 g/mol. The summed E-state index contributed by atoms with van der Waals surface area (Å²) in [5, 5.41) is 21.1. The van der Waals surface area contributed by atoms with E-state index in [2.05, 4.69) is 27.0 Å². The number of benzene rings is 1. The van der Waals surface area contributed by atoms with Gasteiger partial charge >= 0.3 is 0 Å². The Morgan fingerprint density at radius 2 is 2.20 bits per heavy atom. The number of nitrogens with one attached hydrogen (secondary N) is 3. The van der Waals surface area contributed by atoms with Gasteiger partial charge in [0.2, 0.25) is 0 Å². The van der Waals surface area contributed by atoms with E-state index in [0.29, 0.717) is 33.6 Å². The Bertz CT molecular complexity index is 1380. The summed E-state index contributed by atoms with van der Waals surface area (Å²) in [4.78, 5) is 21.9. The molecule has 148 valence electrons. The van der Waals surface area contributed by atoms with Gasteiger partial charge in [0.15, 0.2) is 0 Å². The van der Waals surface area contributed by atoms with Crippen LogP contribution >= 0.6 is 22.9 Å². The van der Waals surface area contributed by atoms with Gasteiger partial charge in [-0.2, -0.15) is 5.26 Å². The van der Waals surface area contributed by atoms with E-state index in [9.17, 15) is 10.1 Å². The summed E-state index contributed by atoms with van der Waals surface area (Å²) in [5.41, 5.74) is 2.57. The Hall–Kier alpha value is -3.41. The van der Waals surface area contributed by atoms with Gasteiger partial charge < -0.3 is 16.0 Å². The number of pyridine rings is 2. The number of carbonyl (C=O) groups is 1. The molecule has 1 aliphatic rings. The van der Waals surface area contributed by atoms with E-state index in [0.717, 1.165) is 26.7 Å². The number of nitrogens with zero attached hydrogens (tertiary/aromatic N) is 3. The second kappa shape index (κ2) is 7.13. The van der Waals surface area contributed by atoms with Gasteiger partial charge in [0.05, 0.1) is 22.5 Å². The highest BCUT2D eigenvalue weighted by Crippen LogP contribution is 2.41. The van der Waals surface area contributed by atoms with Gasteiger partial charge in [0, 0.05) is 40.3 Å². The van der Waals surface area contributed by atoms with E-state index in [1.165, 1.54) is 17.5 Å². The van der Waals surface area contributed by atoms with Gasteiger partial charge in [-0.15, -0.1) is 11.3 Å². The molecule has 0 aliphatic carbocycles. The third kappa shape index (κ3) is 3.09. The van der Waals surface area contributed by atoms with Gasteiger partial charge in [0.25, 0.3) is 5.91 Å². The average molecular weight is 435 g/mol. The van der Waals surface area contributed by atoms with Crippen molar-refractivity contribution >= 4 is 67.0 Å². The molecule has 5 rings (SSSR count). The predicted molar refractivity (Wildman–Crippen MR) is 120 cm³/mol. The first-order chi connectivity index (χ1) is 14.5. The number of amides is 1. The number of aromatic nitrogens is 2. The molecule has 3 N–H and O–H groups in total. The van der Waals surface area contributed by atoms with Gasteiger partial charge in [-0.1, -0.05) is 11.6 Å². The molecule has 1 aromatic carbocycles. The van der Waals surface area contributed by atoms with Crippen molar-refractivity contribution in [1.29, 1.82) is 5.26 Å². The monoisotopic (exact) mass is 434 g/mol. The molecule has 0 radical (unpaired) electrons. The van der Waals surface area contributed by atoms with Crippen LogP contribution in [0.25, 0.3) is 21.0 Å². The smallest absolute Gasteiger partial charge is 0.263 e. The molecule has 3 aromatic heterocycles. The summed E-state index contributed by atoms with van der Waals surface area (Å²) in [6.45, 7) is 2.63. The number of halogens is 1. The number of anilines is 3. The Labute approximate surface area is 180 Å². The van der Waals surface area contributed by atoms with Crippen LogP contribution in [0.5, 0.6) is 0 Å². The maximum Gasteiger partial charge on any atom is 0.263 e. The second-order valence-corrected chi connectivity index (χ2v) is 8.49. The molecule has 0 spiro atoms. The lowest BCUT2D eigenvalue weighted by molar-refractivity contribution is 0.0949. The first-order valence-electron chi connectivity index (χ1n) is 9.27. The zero-order valence-corrected chi connectivity index (χ0v) is 17.4. The molecule has 30 heavy (non-hydrogen) atoms. The lowest BCUT2D eigenvalue weighted by Gasteiger charge is -2.11. The highest BCUT2D eigenvalue weighted by Gasteiger charge is 2.24. The maximum absolute atomic E-state index is 12.6. The topological polar surface area (TPSA) is 103 Å². The van der Waals surface area contributed by atoms with Gasteiger partial charge in [-0.25, -0.2) is 9.97 Å². The number of hydrogen-bond acceptors (Lipinski definition) is 7. The zero-order chi connectivity index (χ0) is 20.8. The number of rotatable bonds is 2. The summed E-state index contributed by atoms with van der Waals surface area (Å²) in [7, 11) is 0. The van der Waals surface area contributed by atoms with Crippen molar-refractivity contribution in [3.05, 3.63) is 52.1 Å². The number of carbonyl (C=O) groups excluding carboxylic acids is 1. The lowest BCUT2D eigenvalue weighted by atomic mass is 10.1. The number of nitriles is 1. The quantitative estimate of drug-likeness (QED) is 0.396. The van der Waals surface area contributed by atoms with Crippen molar-refractivity contribution in [2.75, 3.05) is 17.2 Å². The molecule has 9 heteroatoms. The molecule has 1 aliphatic heterocycles. The first-order valence-corrected chi connectivity index (χ1v) is 10.5. The zero-order valence-electron chi connectivity index (χ0n) is 15.8. The van der Waals surface area contributed by atoms with Crippen molar-refractivity contribution in [3.8, 4) is 6.07 Å². The van der Waals surface area contributed by atoms with Crippen LogP contribution in [0.3, 0.4) is 0 Å². The van der Waals surface area contributed by atoms with Gasteiger partial charge in [-0.3, -0.25) is 4.79 Å². The van der Waals surface area contributed by atoms with Crippen molar-refractivity contribution in [1.82, 2.24) is 15.3 Å². The summed E-state index contributed by atoms with van der Waals surface area (Å²) < 4.78 is 1.03. The molecule has 0 fully saturated rings. The fourth-order valence-electron chi connectivity index (χ4n) is 3.56. The van der Waals surface area contributed by atoms with Crippen molar-refractivity contribution < 1.29 is 4.79 Å². The lowest BCUT2D eigenvalue weighted by Crippen LogP contribution is -2.34. The standard InChI is InChI=1S/C21H15ClN6OS/c1-10-8-25-19-18-12-2-5-17(28-14-6-16(22)24-9-11(14)7-23)27-13(12)3-4-15(18)30-20(19)21(29)26-10/h2-6,9-10,25H,8H2,1H3,(H,26,29)(H,24,27,28)/t10-/m0/s1. The molecule has 1 amide bonds. The van der Waals surface area contributed by atoms with Crippen LogP contribution in [0.1, 0.15) is 22.2 Å². The van der Waals surface area contributed by atoms with Crippen LogP contribution in [-0.4, -0.2) is 28.5 Å². The number of thiophene rings is 1. The Balaban J connectivity index is 1.62. The minimum Gasteiger partial charge on any atom is -0.381 e. The fourth-order valence-corrected chi connectivity index (χ4v) is 4.81. The molecule has 0 bridgehead atoms. The summed E-state index contributed by atoms with van der Waals surface area (Å²) in [6.07, 6.45) is 1.42. The van der Waals surface area contributed by atoms with Crippen LogP contribution in [-0.2, 0) is 0 Å². The van der Waals surface area contributed by atoms with Crippen LogP contribution in [0.15, 0.2) is 36.5 Å². The minimum absolute atomic E-state index is 0.0533. The SMILES string of the molecule is C[C@H]1CNc2c(sc3ccc4nc(Nc5cc(Cl)ncc5C#N)ccc4c23)C(=O)N1. The molecule has 4 heterocycles. The van der Waals surface area contributed by atoms with E-state index in [4.69, 9.17) is 16.6 Å². The molecule has 0 saturated heterocycles. The summed E-state index contributed by atoms with van der Waals surface area (Å²) in [6, 6.07) is 11.5. The molecule has 0 unspecified atom stereocenters. The maximum atomic E-state index is 12.6. The second-order valence-electron chi connectivity index (χ2n) is 7.05. The number of fused-ring (bicyclic) bond motifs is 5. The third-order valence-electron chi connectivity index (χ3n) is 4.94. The largest absolute Gasteiger partial charge is 0.381 e. The average Bonchev–Trinajstić information content (AvgIpc) is 3.05. The summed E-state index contributed by atoms with van der Waals surface area (Å²) >= 11 is 7.45. The first kappa shape index (κ1) is 18.6. The van der Waals surface area contributed by atoms with E-state index in [1.54, 1.807) is 6.07 Å². The Kier molecular flexibility index (Phi) is 4.42. The third-order valence-corrected chi connectivity index (χ3v) is 6.31. The van der Waals surface area contributed by atoms with Crippen LogP contribution in [0.2, 0.25) is 5.15 Å². The molecule has 7 nitrogen and oxygen atoms in total. The summed E-state index contributed by atoms with van der Waals surface area (Å²) in [5.74, 6) is 0.531. The van der Waals surface area contributed by atoms with E-state index in [-0.39, 0.29) is 11.9 Å². The Morgan fingerprint density at radius 3 is 3.03 bits per heavy atom. The highest BCUT2D eigenvalue weighted by molar-refractivity contribution is 7.21. The fraction of sp³-hybridized carbons (Fsp3) is 0.143. The number of hydrogen-bond donors (Lipinski definition) is 3. The van der Waals surface area contributed by atoms with Crippen LogP contribution in [0.4, 0.5) is 17.2 Å². The molecule has 1 atom stereocenters. The highest BCUT2D eigenvalue weighted by atomic mass is 35.5. The molecule has 4 aromatic rings. The van der Waals surface area contributed by atoms with Crippen molar-refractivity contribution in [2.24, 2.45) is 0 Å². The van der Waals surface area contributed by atoms with Gasteiger partial charge in [-0.05, 0) is 31.2 Å². The van der Waals surface area contributed by atoms with Crippen LogP contribution < -0.4 is 16.0 Å².